The van der Waals surface area contributed by atoms with Crippen LogP contribution in [0.5, 0.6) is 5.75 Å². The molecule has 1 N–H and O–H groups in total. The monoisotopic (exact) mass is 262 g/mol. The Morgan fingerprint density at radius 1 is 1.21 bits per heavy atom. The molecule has 0 spiro atoms. The van der Waals surface area contributed by atoms with Crippen molar-refractivity contribution in [3.8, 4) is 5.75 Å². The predicted molar refractivity (Wildman–Crippen MR) is 80.7 cm³/mol. The van der Waals surface area contributed by atoms with Crippen LogP contribution in [0, 0.1) is 6.92 Å². The van der Waals surface area contributed by atoms with E-state index in [1.807, 2.05) is 6.92 Å². The molecule has 0 aliphatic rings. The molecule has 1 aromatic carbocycles. The molecule has 0 aliphatic carbocycles. The van der Waals surface area contributed by atoms with Gasteiger partial charge in [-0.3, -0.25) is 0 Å². The Kier molecular flexibility index (Phi) is 6.65. The number of aliphatic hydroxyl groups excluding tert-OH is 1. The summed E-state index contributed by atoms with van der Waals surface area (Å²) in [5.74, 6) is 0.986. The lowest BCUT2D eigenvalue weighted by molar-refractivity contribution is 0.307. The molecule has 0 fully saturated rings. The van der Waals surface area contributed by atoms with E-state index >= 15 is 0 Å². The molecule has 0 aliphatic heterocycles. The first kappa shape index (κ1) is 15.8. The molecule has 106 valence electrons. The third-order valence-corrected chi connectivity index (χ3v) is 3.44. The Morgan fingerprint density at radius 2 is 1.95 bits per heavy atom. The summed E-state index contributed by atoms with van der Waals surface area (Å²) in [6.07, 6.45) is 3.11. The van der Waals surface area contributed by atoms with Gasteiger partial charge in [-0.15, -0.1) is 0 Å². The molecule has 0 unspecified atom stereocenters. The summed E-state index contributed by atoms with van der Waals surface area (Å²) in [6.45, 7) is 9.21. The molecule has 0 radical (unpaired) electrons. The molecular formula is C17H26O2. The molecule has 0 saturated carbocycles. The Labute approximate surface area is 117 Å². The molecule has 0 saturated heterocycles. The van der Waals surface area contributed by atoms with E-state index in [1.165, 1.54) is 16.7 Å². The second-order valence-corrected chi connectivity index (χ2v) is 5.20. The average molecular weight is 262 g/mol. The van der Waals surface area contributed by atoms with Crippen molar-refractivity contribution in [3.05, 3.63) is 40.5 Å². The van der Waals surface area contributed by atoms with E-state index in [0.717, 1.165) is 37.2 Å². The summed E-state index contributed by atoms with van der Waals surface area (Å²) in [6, 6.07) is 6.37. The first-order chi connectivity index (χ1) is 9.08. The van der Waals surface area contributed by atoms with Gasteiger partial charge in [-0.2, -0.15) is 0 Å². The van der Waals surface area contributed by atoms with Crippen molar-refractivity contribution in [2.45, 2.75) is 47.0 Å². The molecule has 0 heterocycles. The molecule has 2 heteroatoms. The Bertz CT molecular complexity index is 433. The van der Waals surface area contributed by atoms with E-state index in [0.29, 0.717) is 0 Å². The Balaban J connectivity index is 2.78. The number of rotatable bonds is 7. The number of aliphatic hydroxyl groups is 1. The second-order valence-electron chi connectivity index (χ2n) is 5.20. The SMILES string of the molecule is CCCCOc1cc(CC(C)=C(C)CO)ccc1C. The highest BCUT2D eigenvalue weighted by molar-refractivity contribution is 5.38. The maximum absolute atomic E-state index is 9.14. The third-order valence-electron chi connectivity index (χ3n) is 3.44. The number of unbranched alkanes of at least 4 members (excludes halogenated alkanes) is 1. The third kappa shape index (κ3) is 5.07. The summed E-state index contributed by atoms with van der Waals surface area (Å²) in [5.41, 5.74) is 4.70. The fourth-order valence-corrected chi connectivity index (χ4v) is 1.83. The number of ether oxygens (including phenoxy) is 1. The van der Waals surface area contributed by atoms with Gasteiger partial charge in [0.25, 0.3) is 0 Å². The number of benzene rings is 1. The van der Waals surface area contributed by atoms with E-state index < -0.39 is 0 Å². The largest absolute Gasteiger partial charge is 0.493 e. The Morgan fingerprint density at radius 3 is 2.58 bits per heavy atom. The van der Waals surface area contributed by atoms with Crippen LogP contribution in [0.4, 0.5) is 0 Å². The maximum Gasteiger partial charge on any atom is 0.122 e. The van der Waals surface area contributed by atoms with Gasteiger partial charge < -0.3 is 9.84 Å². The number of hydrogen-bond acceptors (Lipinski definition) is 2. The lowest BCUT2D eigenvalue weighted by Crippen LogP contribution is -2.00. The van der Waals surface area contributed by atoms with Crippen LogP contribution in [0.3, 0.4) is 0 Å². The van der Waals surface area contributed by atoms with Crippen molar-refractivity contribution in [2.75, 3.05) is 13.2 Å². The zero-order chi connectivity index (χ0) is 14.3. The highest BCUT2D eigenvalue weighted by atomic mass is 16.5. The van der Waals surface area contributed by atoms with Crippen LogP contribution in [0.25, 0.3) is 0 Å². The number of aryl methyl sites for hydroxylation is 1. The van der Waals surface area contributed by atoms with Crippen molar-refractivity contribution in [2.24, 2.45) is 0 Å². The molecule has 1 rings (SSSR count). The van der Waals surface area contributed by atoms with Crippen LogP contribution in [-0.2, 0) is 6.42 Å². The summed E-state index contributed by atoms with van der Waals surface area (Å²) in [7, 11) is 0. The first-order valence-corrected chi connectivity index (χ1v) is 7.06. The fraction of sp³-hybridized carbons (Fsp3) is 0.529. The summed E-state index contributed by atoms with van der Waals surface area (Å²) < 4.78 is 5.82. The highest BCUT2D eigenvalue weighted by Crippen LogP contribution is 2.22. The first-order valence-electron chi connectivity index (χ1n) is 7.06. The highest BCUT2D eigenvalue weighted by Gasteiger charge is 2.04. The summed E-state index contributed by atoms with van der Waals surface area (Å²) >= 11 is 0. The van der Waals surface area contributed by atoms with E-state index in [4.69, 9.17) is 9.84 Å². The van der Waals surface area contributed by atoms with Crippen LogP contribution < -0.4 is 4.74 Å². The zero-order valence-electron chi connectivity index (χ0n) is 12.6. The van der Waals surface area contributed by atoms with Gasteiger partial charge in [0, 0.05) is 0 Å². The minimum atomic E-state index is 0.136. The normalized spacial score (nSPS) is 12.3. The lowest BCUT2D eigenvalue weighted by atomic mass is 10.0. The van der Waals surface area contributed by atoms with Crippen molar-refractivity contribution in [3.63, 3.8) is 0 Å². The molecule has 0 amide bonds. The topological polar surface area (TPSA) is 29.5 Å². The fourth-order valence-electron chi connectivity index (χ4n) is 1.83. The van der Waals surface area contributed by atoms with Gasteiger partial charge in [0.1, 0.15) is 5.75 Å². The van der Waals surface area contributed by atoms with E-state index in [9.17, 15) is 0 Å². The van der Waals surface area contributed by atoms with Gasteiger partial charge in [-0.25, -0.2) is 0 Å². The molecular weight excluding hydrogens is 236 g/mol. The molecule has 2 nitrogen and oxygen atoms in total. The van der Waals surface area contributed by atoms with Gasteiger partial charge in [-0.05, 0) is 56.4 Å². The van der Waals surface area contributed by atoms with E-state index in [-0.39, 0.29) is 6.61 Å². The van der Waals surface area contributed by atoms with Crippen LogP contribution in [0.2, 0.25) is 0 Å². The van der Waals surface area contributed by atoms with Crippen LogP contribution >= 0.6 is 0 Å². The van der Waals surface area contributed by atoms with Crippen molar-refractivity contribution >= 4 is 0 Å². The second kappa shape index (κ2) is 8.00. The Hall–Kier alpha value is -1.28. The lowest BCUT2D eigenvalue weighted by Gasteiger charge is -2.12. The summed E-state index contributed by atoms with van der Waals surface area (Å²) in [5, 5.41) is 9.14. The standard InChI is InChI=1S/C17H26O2/c1-5-6-9-19-17-11-16(8-7-13(17)2)10-14(3)15(4)12-18/h7-8,11,18H,5-6,9-10,12H2,1-4H3. The maximum atomic E-state index is 9.14. The molecule has 1 aromatic rings. The minimum absolute atomic E-state index is 0.136. The van der Waals surface area contributed by atoms with Crippen molar-refractivity contribution in [1.29, 1.82) is 0 Å². The molecule has 19 heavy (non-hydrogen) atoms. The molecule has 0 bridgehead atoms. The van der Waals surface area contributed by atoms with Crippen molar-refractivity contribution in [1.82, 2.24) is 0 Å². The van der Waals surface area contributed by atoms with Gasteiger partial charge in [0.2, 0.25) is 0 Å². The van der Waals surface area contributed by atoms with E-state index in [1.54, 1.807) is 0 Å². The average Bonchev–Trinajstić information content (AvgIpc) is 2.41. The van der Waals surface area contributed by atoms with E-state index in [2.05, 4.69) is 39.0 Å². The van der Waals surface area contributed by atoms with Crippen molar-refractivity contribution < 1.29 is 9.84 Å². The molecule has 0 aromatic heterocycles. The zero-order valence-corrected chi connectivity index (χ0v) is 12.6. The van der Waals surface area contributed by atoms with Gasteiger partial charge in [0.15, 0.2) is 0 Å². The van der Waals surface area contributed by atoms with Gasteiger partial charge >= 0.3 is 0 Å². The quantitative estimate of drug-likeness (QED) is 0.593. The summed E-state index contributed by atoms with van der Waals surface area (Å²) in [4.78, 5) is 0. The van der Waals surface area contributed by atoms with Crippen LogP contribution in [-0.4, -0.2) is 18.3 Å². The van der Waals surface area contributed by atoms with Gasteiger partial charge in [-0.1, -0.05) is 31.1 Å². The number of allylic oxidation sites excluding steroid dienone is 1. The van der Waals surface area contributed by atoms with Crippen LogP contribution in [0.15, 0.2) is 29.3 Å². The minimum Gasteiger partial charge on any atom is -0.493 e. The smallest absolute Gasteiger partial charge is 0.122 e. The van der Waals surface area contributed by atoms with Gasteiger partial charge in [0.05, 0.1) is 13.2 Å². The predicted octanol–water partition coefficient (Wildman–Crippen LogP) is 4.05. The number of hydrogen-bond donors (Lipinski definition) is 1. The van der Waals surface area contributed by atoms with Crippen LogP contribution in [0.1, 0.15) is 44.7 Å². The molecule has 0 atom stereocenters.